The summed E-state index contributed by atoms with van der Waals surface area (Å²) in [5.41, 5.74) is 4.65. The van der Waals surface area contributed by atoms with Crippen LogP contribution in [0.3, 0.4) is 0 Å². The van der Waals surface area contributed by atoms with Crippen molar-refractivity contribution in [3.8, 4) is 17.9 Å². The largest absolute Gasteiger partial charge is 0.465 e. The van der Waals surface area contributed by atoms with Gasteiger partial charge in [-0.25, -0.2) is 9.78 Å². The van der Waals surface area contributed by atoms with Crippen molar-refractivity contribution in [2.24, 2.45) is 0 Å². The van der Waals surface area contributed by atoms with E-state index in [4.69, 9.17) is 10.00 Å². The molecule has 0 bridgehead atoms. The minimum absolute atomic E-state index is 0.396. The molecule has 2 aliphatic rings. The predicted octanol–water partition coefficient (Wildman–Crippen LogP) is 3.31. The van der Waals surface area contributed by atoms with Crippen LogP contribution >= 0.6 is 0 Å². The summed E-state index contributed by atoms with van der Waals surface area (Å²) >= 11 is 0. The molecule has 2 heterocycles. The van der Waals surface area contributed by atoms with Crippen molar-refractivity contribution in [1.29, 1.82) is 5.26 Å². The number of pyridine rings is 1. The van der Waals surface area contributed by atoms with E-state index >= 15 is 0 Å². The van der Waals surface area contributed by atoms with Crippen LogP contribution in [0.4, 0.5) is 5.69 Å². The highest BCUT2D eigenvalue weighted by molar-refractivity contribution is 5.91. The molecule has 4 rings (SSSR count). The number of allylic oxidation sites excluding steroid dienone is 1. The van der Waals surface area contributed by atoms with Gasteiger partial charge < -0.3 is 9.64 Å². The van der Waals surface area contributed by atoms with E-state index in [0.717, 1.165) is 50.3 Å². The fraction of sp³-hybridized carbons (Fsp3) is 0.346. The van der Waals surface area contributed by atoms with Gasteiger partial charge in [-0.1, -0.05) is 12.0 Å². The fourth-order valence-corrected chi connectivity index (χ4v) is 4.22. The number of rotatable bonds is 3. The summed E-state index contributed by atoms with van der Waals surface area (Å²) in [6.07, 6.45) is 4.26. The maximum atomic E-state index is 12.0. The predicted molar refractivity (Wildman–Crippen MR) is 123 cm³/mol. The smallest absolute Gasteiger partial charge is 0.340 e. The van der Waals surface area contributed by atoms with Gasteiger partial charge in [0.25, 0.3) is 0 Å². The second-order valence-electron chi connectivity index (χ2n) is 8.07. The third kappa shape index (κ3) is 4.82. The summed E-state index contributed by atoms with van der Waals surface area (Å²) in [7, 11) is 1.37. The molecule has 2 aromatic rings. The van der Waals surface area contributed by atoms with Crippen molar-refractivity contribution in [2.75, 3.05) is 38.2 Å². The topological polar surface area (TPSA) is 69.5 Å². The second-order valence-corrected chi connectivity index (χ2v) is 8.07. The van der Waals surface area contributed by atoms with Crippen LogP contribution in [0.5, 0.6) is 0 Å². The second kappa shape index (κ2) is 9.68. The normalized spacial score (nSPS) is 18.3. The third-order valence-corrected chi connectivity index (χ3v) is 6.03. The van der Waals surface area contributed by atoms with E-state index in [9.17, 15) is 4.79 Å². The Morgan fingerprint density at radius 3 is 2.53 bits per heavy atom. The van der Waals surface area contributed by atoms with Gasteiger partial charge in [0.2, 0.25) is 0 Å². The van der Waals surface area contributed by atoms with Gasteiger partial charge in [0, 0.05) is 49.2 Å². The van der Waals surface area contributed by atoms with Crippen LogP contribution in [0.15, 0.2) is 48.0 Å². The van der Waals surface area contributed by atoms with Gasteiger partial charge in [-0.2, -0.15) is 5.26 Å². The molecule has 162 valence electrons. The summed E-state index contributed by atoms with van der Waals surface area (Å²) in [4.78, 5) is 21.3. The molecule has 1 fully saturated rings. The number of benzene rings is 1. The molecule has 0 amide bonds. The van der Waals surface area contributed by atoms with Crippen molar-refractivity contribution in [1.82, 2.24) is 9.88 Å². The number of nitrogens with zero attached hydrogens (tertiary/aromatic N) is 4. The Bertz CT molecular complexity index is 1130. The van der Waals surface area contributed by atoms with Crippen molar-refractivity contribution in [3.05, 3.63) is 70.6 Å². The maximum absolute atomic E-state index is 12.0. The Morgan fingerprint density at radius 2 is 1.84 bits per heavy atom. The van der Waals surface area contributed by atoms with Gasteiger partial charge >= 0.3 is 5.97 Å². The van der Waals surface area contributed by atoms with Crippen LogP contribution in [-0.4, -0.2) is 55.2 Å². The van der Waals surface area contributed by atoms with Gasteiger partial charge in [-0.3, -0.25) is 4.90 Å². The summed E-state index contributed by atoms with van der Waals surface area (Å²) in [5, 5.41) is 8.97. The summed E-state index contributed by atoms with van der Waals surface area (Å²) in [5.74, 6) is 5.91. The number of carbonyl (C=O) groups is 1. The number of carbonyl (C=O) groups excluding carboxylic acids is 1. The van der Waals surface area contributed by atoms with Crippen LogP contribution in [0.1, 0.15) is 40.2 Å². The SMILES string of the molecule is COC(=O)c1ccc(C)nc1C#CC1=CC(N2CCN(c3ccc(C#N)cc3)CC2)CC1. The van der Waals surface area contributed by atoms with Crippen molar-refractivity contribution in [3.63, 3.8) is 0 Å². The molecule has 1 aromatic carbocycles. The van der Waals surface area contributed by atoms with Crippen LogP contribution in [0, 0.1) is 30.1 Å². The minimum atomic E-state index is -0.416. The van der Waals surface area contributed by atoms with E-state index in [1.165, 1.54) is 12.8 Å². The summed E-state index contributed by atoms with van der Waals surface area (Å²) < 4.78 is 4.85. The Balaban J connectivity index is 1.39. The Labute approximate surface area is 189 Å². The van der Waals surface area contributed by atoms with Crippen LogP contribution in [0.25, 0.3) is 0 Å². The molecule has 1 saturated heterocycles. The monoisotopic (exact) mass is 426 g/mol. The molecule has 1 aliphatic carbocycles. The maximum Gasteiger partial charge on any atom is 0.340 e. The summed E-state index contributed by atoms with van der Waals surface area (Å²) in [6, 6.07) is 13.9. The molecule has 1 aliphatic heterocycles. The van der Waals surface area contributed by atoms with Gasteiger partial charge in [0.1, 0.15) is 5.69 Å². The molecule has 0 spiro atoms. The van der Waals surface area contributed by atoms with Crippen LogP contribution in [0.2, 0.25) is 0 Å². The average molecular weight is 427 g/mol. The van der Waals surface area contributed by atoms with Crippen LogP contribution in [-0.2, 0) is 4.74 Å². The van der Waals surface area contributed by atoms with Crippen molar-refractivity contribution in [2.45, 2.75) is 25.8 Å². The first kappa shape index (κ1) is 21.6. The number of hydrogen-bond donors (Lipinski definition) is 0. The lowest BCUT2D eigenvalue weighted by atomic mass is 10.1. The number of piperazine rings is 1. The molecule has 1 atom stereocenters. The number of anilines is 1. The number of ether oxygens (including phenoxy) is 1. The Morgan fingerprint density at radius 1 is 1.09 bits per heavy atom. The van der Waals surface area contributed by atoms with Gasteiger partial charge in [0.05, 0.1) is 24.3 Å². The van der Waals surface area contributed by atoms with Gasteiger partial charge in [0.15, 0.2) is 0 Å². The number of hydrogen-bond acceptors (Lipinski definition) is 6. The molecular weight excluding hydrogens is 400 g/mol. The van der Waals surface area contributed by atoms with Crippen molar-refractivity contribution < 1.29 is 9.53 Å². The lowest BCUT2D eigenvalue weighted by molar-refractivity contribution is 0.0600. The van der Waals surface area contributed by atoms with E-state index in [2.05, 4.69) is 38.8 Å². The lowest BCUT2D eigenvalue weighted by Gasteiger charge is -2.38. The van der Waals surface area contributed by atoms with Crippen LogP contribution < -0.4 is 4.90 Å². The molecule has 1 unspecified atom stereocenters. The van der Waals surface area contributed by atoms with Gasteiger partial charge in [-0.05, 0) is 62.1 Å². The standard InChI is InChI=1S/C26H26N4O2/c1-19-3-11-24(26(31)32-2)25(28-19)12-7-20-4-10-23(17-20)30-15-13-29(14-16-30)22-8-5-21(18-27)6-9-22/h3,5-6,8-9,11,17,23H,4,10,13-16H2,1-2H3. The number of aromatic nitrogens is 1. The first-order valence-electron chi connectivity index (χ1n) is 10.8. The first-order valence-corrected chi connectivity index (χ1v) is 10.8. The van der Waals surface area contributed by atoms with E-state index in [0.29, 0.717) is 22.9 Å². The molecule has 0 N–H and O–H groups in total. The average Bonchev–Trinajstić information content (AvgIpc) is 3.31. The lowest BCUT2D eigenvalue weighted by Crippen LogP contribution is -2.49. The zero-order valence-corrected chi connectivity index (χ0v) is 18.5. The molecule has 6 nitrogen and oxygen atoms in total. The quantitative estimate of drug-likeness (QED) is 0.554. The number of esters is 1. The molecule has 6 heteroatoms. The van der Waals surface area contributed by atoms with Crippen molar-refractivity contribution >= 4 is 11.7 Å². The Hall–Kier alpha value is -3.61. The number of aryl methyl sites for hydroxylation is 1. The minimum Gasteiger partial charge on any atom is -0.465 e. The highest BCUT2D eigenvalue weighted by Gasteiger charge is 2.26. The van der Waals surface area contributed by atoms with E-state index in [1.807, 2.05) is 31.2 Å². The highest BCUT2D eigenvalue weighted by atomic mass is 16.5. The van der Waals surface area contributed by atoms with E-state index < -0.39 is 5.97 Å². The first-order chi connectivity index (χ1) is 15.6. The zero-order chi connectivity index (χ0) is 22.5. The Kier molecular flexibility index (Phi) is 6.54. The molecular formula is C26H26N4O2. The molecule has 32 heavy (non-hydrogen) atoms. The van der Waals surface area contributed by atoms with E-state index in [1.54, 1.807) is 12.1 Å². The molecule has 0 saturated carbocycles. The zero-order valence-electron chi connectivity index (χ0n) is 18.5. The summed E-state index contributed by atoms with van der Waals surface area (Å²) in [6.45, 7) is 5.80. The molecule has 1 aromatic heterocycles. The fourth-order valence-electron chi connectivity index (χ4n) is 4.22. The number of nitriles is 1. The highest BCUT2D eigenvalue weighted by Crippen LogP contribution is 2.25. The third-order valence-electron chi connectivity index (χ3n) is 6.03. The number of methoxy groups -OCH3 is 1. The van der Waals surface area contributed by atoms with Gasteiger partial charge in [-0.15, -0.1) is 0 Å². The van der Waals surface area contributed by atoms with E-state index in [-0.39, 0.29) is 0 Å². The molecule has 0 radical (unpaired) electrons.